The van der Waals surface area contributed by atoms with Gasteiger partial charge in [-0.25, -0.2) is 0 Å². The van der Waals surface area contributed by atoms with Crippen molar-refractivity contribution in [2.24, 2.45) is 5.92 Å². The first kappa shape index (κ1) is 22.7. The number of anilines is 1. The van der Waals surface area contributed by atoms with Crippen LogP contribution < -0.4 is 10.6 Å². The number of halogens is 4. The van der Waals surface area contributed by atoms with Gasteiger partial charge in [0.15, 0.2) is 0 Å². The smallest absolute Gasteiger partial charge is 0.324 e. The Labute approximate surface area is 158 Å². The molecule has 2 rings (SSSR count). The predicted molar refractivity (Wildman–Crippen MR) is 99.6 cm³/mol. The summed E-state index contributed by atoms with van der Waals surface area (Å²) >= 11 is 0. The summed E-state index contributed by atoms with van der Waals surface area (Å²) in [7, 11) is 1.93. The molecule has 0 saturated carbocycles. The fourth-order valence-corrected chi connectivity index (χ4v) is 3.22. The Kier molecular flexibility index (Phi) is 8.86. The molecule has 1 aromatic rings. The Bertz CT molecular complexity index is 575. The lowest BCUT2D eigenvalue weighted by atomic mass is 9.93. The molecule has 4 nitrogen and oxygen atoms in total. The molecule has 0 aromatic heterocycles. The molecule has 8 heteroatoms. The van der Waals surface area contributed by atoms with Gasteiger partial charge in [-0.1, -0.05) is 12.1 Å². The molecule has 0 aliphatic carbocycles. The van der Waals surface area contributed by atoms with Crippen LogP contribution in [-0.2, 0) is 11.0 Å². The molecule has 1 aliphatic heterocycles. The van der Waals surface area contributed by atoms with Gasteiger partial charge in [-0.05, 0) is 70.9 Å². The van der Waals surface area contributed by atoms with E-state index in [9.17, 15) is 18.0 Å². The second-order valence-electron chi connectivity index (χ2n) is 6.58. The molecular formula is C18H27ClF3N3O. The van der Waals surface area contributed by atoms with Crippen molar-refractivity contribution in [1.29, 1.82) is 0 Å². The zero-order valence-corrected chi connectivity index (χ0v) is 15.9. The number of hydrogen-bond acceptors (Lipinski definition) is 3. The highest BCUT2D eigenvalue weighted by Gasteiger charge is 2.34. The number of alkyl halides is 3. The SMILES string of the molecule is CNCCC1CCN(C(C)C(=O)Nc2ccccc2C(F)(F)F)CC1.Cl. The molecule has 148 valence electrons. The lowest BCUT2D eigenvalue weighted by Crippen LogP contribution is -2.46. The fraction of sp³-hybridized carbons (Fsp3) is 0.611. The quantitative estimate of drug-likeness (QED) is 0.773. The Morgan fingerprint density at radius 3 is 2.46 bits per heavy atom. The van der Waals surface area contributed by atoms with E-state index in [0.29, 0.717) is 5.92 Å². The van der Waals surface area contributed by atoms with Crippen molar-refractivity contribution in [3.05, 3.63) is 29.8 Å². The zero-order chi connectivity index (χ0) is 18.4. The van der Waals surface area contributed by atoms with E-state index in [2.05, 4.69) is 10.6 Å². The molecule has 26 heavy (non-hydrogen) atoms. The van der Waals surface area contributed by atoms with Gasteiger partial charge >= 0.3 is 6.18 Å². The van der Waals surface area contributed by atoms with Gasteiger partial charge in [-0.15, -0.1) is 12.4 Å². The monoisotopic (exact) mass is 393 g/mol. The lowest BCUT2D eigenvalue weighted by molar-refractivity contribution is -0.137. The van der Waals surface area contributed by atoms with Gasteiger partial charge in [0, 0.05) is 0 Å². The molecule has 1 aliphatic rings. The van der Waals surface area contributed by atoms with Crippen LogP contribution in [0.25, 0.3) is 0 Å². The minimum Gasteiger partial charge on any atom is -0.324 e. The number of likely N-dealkylation sites (tertiary alicyclic amines) is 1. The first-order chi connectivity index (χ1) is 11.8. The Hall–Kier alpha value is -1.31. The normalized spacial score (nSPS) is 17.4. The van der Waals surface area contributed by atoms with Crippen LogP contribution in [0, 0.1) is 5.92 Å². The Balaban J connectivity index is 0.00000338. The van der Waals surface area contributed by atoms with E-state index in [0.717, 1.165) is 45.0 Å². The molecule has 1 unspecified atom stereocenters. The minimum absolute atomic E-state index is 0. The number of para-hydroxylation sites is 1. The number of amides is 1. The molecule has 0 radical (unpaired) electrons. The average Bonchev–Trinajstić information content (AvgIpc) is 2.59. The third-order valence-corrected chi connectivity index (χ3v) is 4.87. The summed E-state index contributed by atoms with van der Waals surface area (Å²) in [5.74, 6) is 0.246. The maximum Gasteiger partial charge on any atom is 0.418 e. The molecule has 0 spiro atoms. The highest BCUT2D eigenvalue weighted by Crippen LogP contribution is 2.34. The molecule has 2 N–H and O–H groups in total. The van der Waals surface area contributed by atoms with E-state index in [4.69, 9.17) is 0 Å². The maximum atomic E-state index is 13.0. The summed E-state index contributed by atoms with van der Waals surface area (Å²) in [4.78, 5) is 14.5. The Morgan fingerprint density at radius 2 is 1.88 bits per heavy atom. The molecular weight excluding hydrogens is 367 g/mol. The van der Waals surface area contributed by atoms with E-state index in [1.165, 1.54) is 18.2 Å². The summed E-state index contributed by atoms with van der Waals surface area (Å²) in [6.45, 7) is 4.32. The highest BCUT2D eigenvalue weighted by molar-refractivity contribution is 5.95. The minimum atomic E-state index is -4.49. The van der Waals surface area contributed by atoms with Crippen LogP contribution in [0.15, 0.2) is 24.3 Å². The molecule has 1 atom stereocenters. The molecule has 1 amide bonds. The Morgan fingerprint density at radius 1 is 1.27 bits per heavy atom. The van der Waals surface area contributed by atoms with Crippen molar-refractivity contribution in [1.82, 2.24) is 10.2 Å². The standard InChI is InChI=1S/C18H26F3N3O.ClH/c1-13(24-11-8-14(9-12-24)7-10-22-2)17(25)23-16-6-4-3-5-15(16)18(19,20)21;/h3-6,13-14,22H,7-12H2,1-2H3,(H,23,25);1H. The average molecular weight is 394 g/mol. The summed E-state index contributed by atoms with van der Waals surface area (Å²) < 4.78 is 39.1. The largest absolute Gasteiger partial charge is 0.418 e. The molecule has 1 saturated heterocycles. The number of nitrogens with one attached hydrogen (secondary N) is 2. The predicted octanol–water partition coefficient (Wildman–Crippen LogP) is 3.78. The summed E-state index contributed by atoms with van der Waals surface area (Å²) in [5, 5.41) is 5.59. The fourth-order valence-electron chi connectivity index (χ4n) is 3.22. The lowest BCUT2D eigenvalue weighted by Gasteiger charge is -2.35. The van der Waals surface area contributed by atoms with Gasteiger partial charge in [0.1, 0.15) is 0 Å². The second kappa shape index (κ2) is 10.1. The van der Waals surface area contributed by atoms with Crippen LogP contribution in [0.5, 0.6) is 0 Å². The molecule has 1 fully saturated rings. The summed E-state index contributed by atoms with van der Waals surface area (Å²) in [6, 6.07) is 4.62. The number of nitrogens with zero attached hydrogens (tertiary/aromatic N) is 1. The van der Waals surface area contributed by atoms with Crippen LogP contribution in [0.1, 0.15) is 31.7 Å². The third-order valence-electron chi connectivity index (χ3n) is 4.87. The topological polar surface area (TPSA) is 44.4 Å². The first-order valence-electron chi connectivity index (χ1n) is 8.68. The number of benzene rings is 1. The van der Waals surface area contributed by atoms with Gasteiger partial charge in [0.05, 0.1) is 17.3 Å². The molecule has 1 aromatic carbocycles. The van der Waals surface area contributed by atoms with Gasteiger partial charge in [-0.2, -0.15) is 13.2 Å². The van der Waals surface area contributed by atoms with Gasteiger partial charge < -0.3 is 10.6 Å². The number of carbonyl (C=O) groups excluding carboxylic acids is 1. The van der Waals surface area contributed by atoms with Crippen LogP contribution >= 0.6 is 12.4 Å². The van der Waals surface area contributed by atoms with Crippen LogP contribution in [0.3, 0.4) is 0 Å². The van der Waals surface area contributed by atoms with E-state index < -0.39 is 23.7 Å². The number of carbonyl (C=O) groups is 1. The van der Waals surface area contributed by atoms with Crippen molar-refractivity contribution < 1.29 is 18.0 Å². The molecule has 0 bridgehead atoms. The van der Waals surface area contributed by atoms with Crippen LogP contribution in [0.4, 0.5) is 18.9 Å². The third kappa shape index (κ3) is 6.14. The van der Waals surface area contributed by atoms with Crippen molar-refractivity contribution >= 4 is 24.0 Å². The van der Waals surface area contributed by atoms with Crippen molar-refractivity contribution in [2.75, 3.05) is 32.0 Å². The van der Waals surface area contributed by atoms with Gasteiger partial charge in [-0.3, -0.25) is 9.69 Å². The summed E-state index contributed by atoms with van der Waals surface area (Å²) in [6.07, 6.45) is -1.35. The van der Waals surface area contributed by atoms with E-state index >= 15 is 0 Å². The van der Waals surface area contributed by atoms with Gasteiger partial charge in [0.2, 0.25) is 5.91 Å². The maximum absolute atomic E-state index is 13.0. The van der Waals surface area contributed by atoms with Crippen LogP contribution in [0.2, 0.25) is 0 Å². The van der Waals surface area contributed by atoms with Gasteiger partial charge in [0.25, 0.3) is 0 Å². The van der Waals surface area contributed by atoms with Crippen LogP contribution in [-0.4, -0.2) is 43.5 Å². The van der Waals surface area contributed by atoms with E-state index in [1.807, 2.05) is 11.9 Å². The molecule has 1 heterocycles. The van der Waals surface area contributed by atoms with E-state index in [-0.39, 0.29) is 18.1 Å². The number of hydrogen-bond donors (Lipinski definition) is 2. The highest BCUT2D eigenvalue weighted by atomic mass is 35.5. The van der Waals surface area contributed by atoms with Crippen molar-refractivity contribution in [3.63, 3.8) is 0 Å². The first-order valence-corrected chi connectivity index (χ1v) is 8.68. The van der Waals surface area contributed by atoms with Crippen molar-refractivity contribution in [3.8, 4) is 0 Å². The zero-order valence-electron chi connectivity index (χ0n) is 15.1. The summed E-state index contributed by atoms with van der Waals surface area (Å²) in [5.41, 5.74) is -1.00. The van der Waals surface area contributed by atoms with Crippen molar-refractivity contribution in [2.45, 2.75) is 38.4 Å². The number of rotatable bonds is 6. The van der Waals surface area contributed by atoms with E-state index in [1.54, 1.807) is 6.92 Å². The second-order valence-corrected chi connectivity index (χ2v) is 6.58. The number of piperidine rings is 1.